The normalized spacial score (nSPS) is 18.1. The molecule has 2 aliphatic carbocycles. The Labute approximate surface area is 127 Å². The predicted molar refractivity (Wildman–Crippen MR) is 86.4 cm³/mol. The maximum absolute atomic E-state index is 12.1. The average Bonchev–Trinajstić information content (AvgIpc) is 3.36. The minimum atomic E-state index is 0.131. The number of carbonyl (C=O) groups is 1. The molecule has 0 saturated heterocycles. The second-order valence-corrected chi connectivity index (χ2v) is 6.90. The molecule has 0 aliphatic heterocycles. The number of benzene rings is 1. The number of amides is 1. The largest absolute Gasteiger partial charge is 0.376 e. The molecule has 0 bridgehead atoms. The van der Waals surface area contributed by atoms with Gasteiger partial charge in [-0.25, -0.2) is 0 Å². The summed E-state index contributed by atoms with van der Waals surface area (Å²) >= 11 is 0. The minimum absolute atomic E-state index is 0.131. The van der Waals surface area contributed by atoms with E-state index in [-0.39, 0.29) is 5.91 Å². The van der Waals surface area contributed by atoms with E-state index in [2.05, 4.69) is 48.7 Å². The van der Waals surface area contributed by atoms with Gasteiger partial charge in [0.2, 0.25) is 5.91 Å². The Bertz CT molecular complexity index is 474. The second-order valence-electron chi connectivity index (χ2n) is 6.90. The first-order chi connectivity index (χ1) is 10.1. The van der Waals surface area contributed by atoms with Crippen LogP contribution in [0.4, 0.5) is 5.69 Å². The van der Waals surface area contributed by atoms with Gasteiger partial charge in [-0.15, -0.1) is 0 Å². The lowest BCUT2D eigenvalue weighted by molar-refractivity contribution is -0.120. The zero-order valence-electron chi connectivity index (χ0n) is 13.1. The summed E-state index contributed by atoms with van der Waals surface area (Å²) in [6.07, 6.45) is 5.19. The van der Waals surface area contributed by atoms with Crippen molar-refractivity contribution in [3.05, 3.63) is 29.8 Å². The highest BCUT2D eigenvalue weighted by Gasteiger charge is 2.42. The van der Waals surface area contributed by atoms with Crippen molar-refractivity contribution in [2.24, 2.45) is 11.8 Å². The quantitative estimate of drug-likeness (QED) is 0.805. The maximum Gasteiger partial charge on any atom is 0.239 e. The van der Waals surface area contributed by atoms with Crippen molar-refractivity contribution < 1.29 is 4.79 Å². The van der Waals surface area contributed by atoms with Crippen molar-refractivity contribution in [2.75, 3.05) is 11.9 Å². The van der Waals surface area contributed by atoms with E-state index in [0.29, 0.717) is 18.5 Å². The van der Waals surface area contributed by atoms with Crippen molar-refractivity contribution in [3.63, 3.8) is 0 Å². The SMILES string of the molecule is CC(C)c1ccc(NCC(=O)NC(C2CC2)C2CC2)cc1. The lowest BCUT2D eigenvalue weighted by atomic mass is 10.0. The highest BCUT2D eigenvalue weighted by Crippen LogP contribution is 2.44. The summed E-state index contributed by atoms with van der Waals surface area (Å²) in [5.74, 6) is 2.19. The van der Waals surface area contributed by atoms with Crippen LogP contribution in [0.15, 0.2) is 24.3 Å². The van der Waals surface area contributed by atoms with E-state index in [1.54, 1.807) is 0 Å². The Hall–Kier alpha value is -1.51. The van der Waals surface area contributed by atoms with Gasteiger partial charge in [0.25, 0.3) is 0 Å². The molecule has 1 amide bonds. The van der Waals surface area contributed by atoms with Gasteiger partial charge in [-0.3, -0.25) is 4.79 Å². The zero-order chi connectivity index (χ0) is 14.8. The van der Waals surface area contributed by atoms with Crippen LogP contribution >= 0.6 is 0 Å². The maximum atomic E-state index is 12.1. The first-order valence-corrected chi connectivity index (χ1v) is 8.26. The molecule has 3 rings (SSSR count). The fourth-order valence-electron chi connectivity index (χ4n) is 2.94. The molecular formula is C18H26N2O. The Balaban J connectivity index is 1.46. The predicted octanol–water partition coefficient (Wildman–Crippen LogP) is 3.53. The third kappa shape index (κ3) is 3.99. The molecule has 114 valence electrons. The first-order valence-electron chi connectivity index (χ1n) is 8.26. The highest BCUT2D eigenvalue weighted by atomic mass is 16.2. The number of anilines is 1. The average molecular weight is 286 g/mol. The fourth-order valence-corrected chi connectivity index (χ4v) is 2.94. The number of hydrogen-bond donors (Lipinski definition) is 2. The Morgan fingerprint density at radius 1 is 1.10 bits per heavy atom. The van der Waals surface area contributed by atoms with Crippen molar-refractivity contribution >= 4 is 11.6 Å². The van der Waals surface area contributed by atoms with Crippen LogP contribution in [-0.2, 0) is 4.79 Å². The molecule has 1 aromatic carbocycles. The molecule has 21 heavy (non-hydrogen) atoms. The Morgan fingerprint density at radius 2 is 1.67 bits per heavy atom. The number of hydrogen-bond acceptors (Lipinski definition) is 2. The molecule has 0 unspecified atom stereocenters. The molecule has 0 spiro atoms. The van der Waals surface area contributed by atoms with Crippen LogP contribution < -0.4 is 10.6 Å². The molecule has 0 aromatic heterocycles. The summed E-state index contributed by atoms with van der Waals surface area (Å²) < 4.78 is 0. The molecule has 3 nitrogen and oxygen atoms in total. The molecule has 2 fully saturated rings. The van der Waals surface area contributed by atoms with Crippen molar-refractivity contribution in [1.82, 2.24) is 5.32 Å². The molecule has 2 saturated carbocycles. The van der Waals surface area contributed by atoms with Gasteiger partial charge in [-0.05, 0) is 61.1 Å². The standard InChI is InChI=1S/C18H26N2O/c1-12(2)13-7-9-16(10-8-13)19-11-17(21)20-18(14-3-4-14)15-5-6-15/h7-10,12,14-15,18-19H,3-6,11H2,1-2H3,(H,20,21). The molecule has 3 heteroatoms. The topological polar surface area (TPSA) is 41.1 Å². The summed E-state index contributed by atoms with van der Waals surface area (Å²) in [6, 6.07) is 8.82. The molecule has 2 aliphatic rings. The van der Waals surface area contributed by atoms with Crippen LogP contribution in [0.2, 0.25) is 0 Å². The van der Waals surface area contributed by atoms with Gasteiger partial charge in [0.15, 0.2) is 0 Å². The van der Waals surface area contributed by atoms with Crippen LogP contribution in [0.1, 0.15) is 51.0 Å². The van der Waals surface area contributed by atoms with Gasteiger partial charge in [-0.2, -0.15) is 0 Å². The van der Waals surface area contributed by atoms with Gasteiger partial charge < -0.3 is 10.6 Å². The molecule has 0 radical (unpaired) electrons. The third-order valence-corrected chi connectivity index (χ3v) is 4.62. The molecule has 0 heterocycles. The van der Waals surface area contributed by atoms with Gasteiger partial charge in [-0.1, -0.05) is 26.0 Å². The van der Waals surface area contributed by atoms with Crippen LogP contribution in [0.25, 0.3) is 0 Å². The van der Waals surface area contributed by atoms with Crippen molar-refractivity contribution in [3.8, 4) is 0 Å². The van der Waals surface area contributed by atoms with Crippen molar-refractivity contribution in [1.29, 1.82) is 0 Å². The van der Waals surface area contributed by atoms with Gasteiger partial charge in [0.1, 0.15) is 0 Å². The van der Waals surface area contributed by atoms with E-state index in [4.69, 9.17) is 0 Å². The summed E-state index contributed by atoms with van der Waals surface area (Å²) in [4.78, 5) is 12.1. The molecular weight excluding hydrogens is 260 g/mol. The van der Waals surface area contributed by atoms with E-state index in [0.717, 1.165) is 17.5 Å². The monoisotopic (exact) mass is 286 g/mol. The fraction of sp³-hybridized carbons (Fsp3) is 0.611. The summed E-state index contributed by atoms with van der Waals surface area (Å²) in [6.45, 7) is 4.74. The summed E-state index contributed by atoms with van der Waals surface area (Å²) in [7, 11) is 0. The van der Waals surface area contributed by atoms with Crippen LogP contribution in [0.3, 0.4) is 0 Å². The highest BCUT2D eigenvalue weighted by molar-refractivity contribution is 5.81. The van der Waals surface area contributed by atoms with Crippen LogP contribution in [0, 0.1) is 11.8 Å². The van der Waals surface area contributed by atoms with E-state index < -0.39 is 0 Å². The zero-order valence-corrected chi connectivity index (χ0v) is 13.1. The first kappa shape index (κ1) is 14.4. The van der Waals surface area contributed by atoms with Crippen molar-refractivity contribution in [2.45, 2.75) is 51.5 Å². The van der Waals surface area contributed by atoms with E-state index in [1.165, 1.54) is 31.2 Å². The van der Waals surface area contributed by atoms with Crippen LogP contribution in [-0.4, -0.2) is 18.5 Å². The molecule has 1 aromatic rings. The number of rotatable bonds is 7. The summed E-state index contributed by atoms with van der Waals surface area (Å²) in [5, 5.41) is 6.46. The van der Waals surface area contributed by atoms with E-state index in [1.807, 2.05) is 0 Å². The Kier molecular flexibility index (Phi) is 4.18. The van der Waals surface area contributed by atoms with Gasteiger partial charge >= 0.3 is 0 Å². The lowest BCUT2D eigenvalue weighted by Gasteiger charge is -2.18. The lowest BCUT2D eigenvalue weighted by Crippen LogP contribution is -2.41. The molecule has 0 atom stereocenters. The van der Waals surface area contributed by atoms with Crippen LogP contribution in [0.5, 0.6) is 0 Å². The summed E-state index contributed by atoms with van der Waals surface area (Å²) in [5.41, 5.74) is 2.34. The van der Waals surface area contributed by atoms with Gasteiger partial charge in [0, 0.05) is 11.7 Å². The number of nitrogens with one attached hydrogen (secondary N) is 2. The number of carbonyl (C=O) groups excluding carboxylic acids is 1. The smallest absolute Gasteiger partial charge is 0.239 e. The van der Waals surface area contributed by atoms with Gasteiger partial charge in [0.05, 0.1) is 6.54 Å². The molecule has 2 N–H and O–H groups in total. The third-order valence-electron chi connectivity index (χ3n) is 4.62. The Morgan fingerprint density at radius 3 is 2.14 bits per heavy atom. The van der Waals surface area contributed by atoms with E-state index >= 15 is 0 Å². The van der Waals surface area contributed by atoms with E-state index in [9.17, 15) is 4.79 Å². The minimum Gasteiger partial charge on any atom is -0.376 e. The second kappa shape index (κ2) is 6.08.